The van der Waals surface area contributed by atoms with Crippen LogP contribution in [0.15, 0.2) is 84.1 Å². The van der Waals surface area contributed by atoms with Crippen molar-refractivity contribution in [1.82, 2.24) is 4.98 Å². The fourth-order valence-electron chi connectivity index (χ4n) is 2.93. The molecule has 3 nitrogen and oxygen atoms in total. The van der Waals surface area contributed by atoms with Crippen LogP contribution in [0.25, 0.3) is 0 Å². The minimum Gasteiger partial charge on any atom is -0.411 e. The number of aromatic nitrogens is 1. The molecule has 1 aromatic heterocycles. The Labute approximate surface area is 142 Å². The lowest BCUT2D eigenvalue weighted by Gasteiger charge is -2.19. The number of aryl methyl sites for hydroxylation is 1. The molecule has 24 heavy (non-hydrogen) atoms. The van der Waals surface area contributed by atoms with Gasteiger partial charge in [-0.05, 0) is 30.2 Å². The molecule has 0 amide bonds. The Morgan fingerprint density at radius 1 is 0.958 bits per heavy atom. The van der Waals surface area contributed by atoms with Gasteiger partial charge in [0, 0.05) is 29.8 Å². The van der Waals surface area contributed by atoms with Gasteiger partial charge < -0.3 is 5.21 Å². The number of oxime groups is 1. The topological polar surface area (TPSA) is 45.5 Å². The average molecular weight is 316 g/mol. The Morgan fingerprint density at radius 3 is 2.04 bits per heavy atom. The molecule has 120 valence electrons. The molecule has 0 fully saturated rings. The van der Waals surface area contributed by atoms with E-state index in [1.165, 1.54) is 11.1 Å². The molecule has 0 saturated heterocycles. The van der Waals surface area contributed by atoms with Crippen molar-refractivity contribution in [2.45, 2.75) is 19.3 Å². The van der Waals surface area contributed by atoms with Crippen molar-refractivity contribution in [2.75, 3.05) is 0 Å². The quantitative estimate of drug-likeness (QED) is 0.418. The van der Waals surface area contributed by atoms with Crippen LogP contribution in [0.4, 0.5) is 0 Å². The third kappa shape index (κ3) is 3.69. The van der Waals surface area contributed by atoms with E-state index >= 15 is 0 Å². The summed E-state index contributed by atoms with van der Waals surface area (Å²) in [4.78, 5) is 4.22. The van der Waals surface area contributed by atoms with E-state index in [1.807, 2.05) is 55.5 Å². The molecule has 0 aliphatic heterocycles. The summed E-state index contributed by atoms with van der Waals surface area (Å²) in [6, 6.07) is 24.5. The van der Waals surface area contributed by atoms with Crippen LogP contribution in [0.1, 0.15) is 34.7 Å². The fourth-order valence-corrected chi connectivity index (χ4v) is 2.93. The first kappa shape index (κ1) is 15.9. The molecule has 3 aromatic rings. The molecular formula is C21H20N2O. The van der Waals surface area contributed by atoms with Gasteiger partial charge in [-0.3, -0.25) is 4.98 Å². The van der Waals surface area contributed by atoms with Crippen LogP contribution in [0.2, 0.25) is 0 Å². The van der Waals surface area contributed by atoms with E-state index < -0.39 is 0 Å². The summed E-state index contributed by atoms with van der Waals surface area (Å²) < 4.78 is 0. The molecule has 3 heteroatoms. The standard InChI is InChI=1S/C21H20N2O/c1-16-14-19(12-13-22-16)21(23-24)15-20(17-8-4-2-5-9-17)18-10-6-3-7-11-18/h2-14,20,24H,15H2,1H3/b23-21+. The second-order valence-corrected chi connectivity index (χ2v) is 5.81. The zero-order valence-corrected chi connectivity index (χ0v) is 13.6. The van der Waals surface area contributed by atoms with Gasteiger partial charge >= 0.3 is 0 Å². The van der Waals surface area contributed by atoms with Crippen molar-refractivity contribution in [3.05, 3.63) is 101 Å². The molecule has 0 atom stereocenters. The maximum absolute atomic E-state index is 9.58. The first-order chi connectivity index (χ1) is 11.8. The molecule has 2 aromatic carbocycles. The van der Waals surface area contributed by atoms with E-state index in [0.717, 1.165) is 11.3 Å². The number of nitrogens with zero attached hydrogens (tertiary/aromatic N) is 2. The summed E-state index contributed by atoms with van der Waals surface area (Å²) in [5, 5.41) is 13.2. The smallest absolute Gasteiger partial charge is 0.0878 e. The first-order valence-electron chi connectivity index (χ1n) is 8.02. The minimum absolute atomic E-state index is 0.131. The first-order valence-corrected chi connectivity index (χ1v) is 8.02. The van der Waals surface area contributed by atoms with Crippen LogP contribution in [-0.2, 0) is 0 Å². The zero-order valence-electron chi connectivity index (χ0n) is 13.6. The highest BCUT2D eigenvalue weighted by Gasteiger charge is 2.18. The molecule has 1 heterocycles. The Hall–Kier alpha value is -2.94. The molecule has 0 bridgehead atoms. The van der Waals surface area contributed by atoms with E-state index in [4.69, 9.17) is 0 Å². The maximum atomic E-state index is 9.58. The average Bonchev–Trinajstić information content (AvgIpc) is 2.64. The summed E-state index contributed by atoms with van der Waals surface area (Å²) in [6.45, 7) is 1.93. The van der Waals surface area contributed by atoms with Gasteiger partial charge in [-0.2, -0.15) is 0 Å². The van der Waals surface area contributed by atoms with Crippen LogP contribution >= 0.6 is 0 Å². The SMILES string of the molecule is Cc1cc(/C(CC(c2ccccc2)c2ccccc2)=N/O)ccn1. The molecule has 1 N–H and O–H groups in total. The fraction of sp³-hybridized carbons (Fsp3) is 0.143. The number of benzene rings is 2. The van der Waals surface area contributed by atoms with Gasteiger partial charge in [-0.25, -0.2) is 0 Å². The molecule has 0 saturated carbocycles. The second-order valence-electron chi connectivity index (χ2n) is 5.81. The van der Waals surface area contributed by atoms with Crippen molar-refractivity contribution in [1.29, 1.82) is 0 Å². The van der Waals surface area contributed by atoms with Gasteiger partial charge in [0.2, 0.25) is 0 Å². The van der Waals surface area contributed by atoms with Gasteiger partial charge in [0.25, 0.3) is 0 Å². The zero-order chi connectivity index (χ0) is 16.8. The van der Waals surface area contributed by atoms with Crippen molar-refractivity contribution in [3.63, 3.8) is 0 Å². The Kier molecular flexibility index (Phi) is 5.02. The monoisotopic (exact) mass is 316 g/mol. The van der Waals surface area contributed by atoms with E-state index in [9.17, 15) is 5.21 Å². The summed E-state index contributed by atoms with van der Waals surface area (Å²) in [5.41, 5.74) is 4.89. The van der Waals surface area contributed by atoms with E-state index in [0.29, 0.717) is 12.1 Å². The van der Waals surface area contributed by atoms with Gasteiger partial charge in [0.1, 0.15) is 0 Å². The predicted molar refractivity (Wildman–Crippen MR) is 96.6 cm³/mol. The molecule has 0 unspecified atom stereocenters. The Balaban J connectivity index is 1.97. The third-order valence-corrected chi connectivity index (χ3v) is 4.15. The van der Waals surface area contributed by atoms with Gasteiger partial charge in [0.05, 0.1) is 5.71 Å². The molecule has 0 aliphatic rings. The summed E-state index contributed by atoms with van der Waals surface area (Å²) in [7, 11) is 0. The summed E-state index contributed by atoms with van der Waals surface area (Å²) >= 11 is 0. The van der Waals surface area contributed by atoms with Gasteiger partial charge in [0.15, 0.2) is 0 Å². The van der Waals surface area contributed by atoms with Crippen LogP contribution in [-0.4, -0.2) is 15.9 Å². The maximum Gasteiger partial charge on any atom is 0.0878 e. The van der Waals surface area contributed by atoms with E-state index in [-0.39, 0.29) is 5.92 Å². The number of hydrogen-bond acceptors (Lipinski definition) is 3. The van der Waals surface area contributed by atoms with Crippen molar-refractivity contribution in [3.8, 4) is 0 Å². The number of pyridine rings is 1. The Morgan fingerprint density at radius 2 is 1.54 bits per heavy atom. The minimum atomic E-state index is 0.131. The Bertz CT molecular complexity index is 774. The molecular weight excluding hydrogens is 296 g/mol. The summed E-state index contributed by atoms with van der Waals surface area (Å²) in [6.07, 6.45) is 2.36. The normalized spacial score (nSPS) is 11.7. The van der Waals surface area contributed by atoms with E-state index in [2.05, 4.69) is 34.4 Å². The van der Waals surface area contributed by atoms with Crippen LogP contribution < -0.4 is 0 Å². The highest BCUT2D eigenvalue weighted by molar-refractivity contribution is 6.00. The van der Waals surface area contributed by atoms with Crippen molar-refractivity contribution < 1.29 is 5.21 Å². The van der Waals surface area contributed by atoms with Crippen LogP contribution in [0.5, 0.6) is 0 Å². The van der Waals surface area contributed by atoms with Crippen molar-refractivity contribution >= 4 is 5.71 Å². The summed E-state index contributed by atoms with van der Waals surface area (Å²) in [5.74, 6) is 0.131. The van der Waals surface area contributed by atoms with Crippen LogP contribution in [0.3, 0.4) is 0 Å². The van der Waals surface area contributed by atoms with E-state index in [1.54, 1.807) is 6.20 Å². The number of hydrogen-bond donors (Lipinski definition) is 1. The van der Waals surface area contributed by atoms with Crippen molar-refractivity contribution in [2.24, 2.45) is 5.16 Å². The lowest BCUT2D eigenvalue weighted by atomic mass is 9.85. The predicted octanol–water partition coefficient (Wildman–Crippen LogP) is 4.79. The lowest BCUT2D eigenvalue weighted by Crippen LogP contribution is -2.11. The van der Waals surface area contributed by atoms with Gasteiger partial charge in [-0.15, -0.1) is 0 Å². The second kappa shape index (κ2) is 7.55. The van der Waals surface area contributed by atoms with Gasteiger partial charge in [-0.1, -0.05) is 65.8 Å². The highest BCUT2D eigenvalue weighted by atomic mass is 16.4. The number of rotatable bonds is 5. The molecule has 0 aliphatic carbocycles. The molecule has 0 spiro atoms. The lowest BCUT2D eigenvalue weighted by molar-refractivity contribution is 0.317. The van der Waals surface area contributed by atoms with Crippen LogP contribution in [0, 0.1) is 6.92 Å². The molecule has 3 rings (SSSR count). The largest absolute Gasteiger partial charge is 0.411 e. The third-order valence-electron chi connectivity index (χ3n) is 4.15. The highest BCUT2D eigenvalue weighted by Crippen LogP contribution is 2.29. The molecule has 0 radical (unpaired) electrons.